The van der Waals surface area contributed by atoms with Gasteiger partial charge >= 0.3 is 0 Å². The molecule has 0 aromatic heterocycles. The summed E-state index contributed by atoms with van der Waals surface area (Å²) in [7, 11) is 0. The zero-order valence-electron chi connectivity index (χ0n) is 8.37. The van der Waals surface area contributed by atoms with E-state index < -0.39 is 0 Å². The van der Waals surface area contributed by atoms with E-state index in [0.29, 0.717) is 5.92 Å². The molecule has 0 nitrogen and oxygen atoms in total. The van der Waals surface area contributed by atoms with Crippen molar-refractivity contribution in [3.8, 4) is 0 Å². The maximum Gasteiger partial charge on any atom is 0.0249 e. The SMILES string of the molecule is CC(CCl)CC1Cc2ccccc2S1. The van der Waals surface area contributed by atoms with Crippen LogP contribution < -0.4 is 0 Å². The number of hydrogen-bond donors (Lipinski definition) is 0. The van der Waals surface area contributed by atoms with Crippen LogP contribution in [0.4, 0.5) is 0 Å². The van der Waals surface area contributed by atoms with Gasteiger partial charge in [-0.1, -0.05) is 25.1 Å². The minimum atomic E-state index is 0.642. The molecule has 0 saturated carbocycles. The summed E-state index contributed by atoms with van der Waals surface area (Å²) >= 11 is 7.85. The third kappa shape index (κ3) is 2.26. The number of fused-ring (bicyclic) bond motifs is 1. The molecule has 0 amide bonds. The van der Waals surface area contributed by atoms with Crippen molar-refractivity contribution < 1.29 is 0 Å². The summed E-state index contributed by atoms with van der Waals surface area (Å²) in [6.45, 7) is 2.23. The van der Waals surface area contributed by atoms with Crippen LogP contribution in [0, 0.1) is 5.92 Å². The molecule has 2 unspecified atom stereocenters. The van der Waals surface area contributed by atoms with E-state index in [1.807, 2.05) is 11.8 Å². The van der Waals surface area contributed by atoms with Crippen LogP contribution in [0.5, 0.6) is 0 Å². The Morgan fingerprint density at radius 1 is 1.50 bits per heavy atom. The molecule has 0 saturated heterocycles. The zero-order valence-corrected chi connectivity index (χ0v) is 9.94. The fourth-order valence-corrected chi connectivity index (χ4v) is 3.53. The standard InChI is InChI=1S/C12H15ClS/c1-9(8-13)6-11-7-10-4-2-3-5-12(10)14-11/h2-5,9,11H,6-8H2,1H3. The van der Waals surface area contributed by atoms with E-state index in [1.165, 1.54) is 23.3 Å². The lowest BCUT2D eigenvalue weighted by Crippen LogP contribution is -2.08. The van der Waals surface area contributed by atoms with Gasteiger partial charge in [0, 0.05) is 16.0 Å². The summed E-state index contributed by atoms with van der Waals surface area (Å²) in [5, 5.41) is 0.751. The van der Waals surface area contributed by atoms with Crippen molar-refractivity contribution in [2.45, 2.75) is 29.9 Å². The minimum Gasteiger partial charge on any atom is -0.126 e. The Morgan fingerprint density at radius 2 is 2.29 bits per heavy atom. The smallest absolute Gasteiger partial charge is 0.0249 e. The van der Waals surface area contributed by atoms with Gasteiger partial charge in [0.25, 0.3) is 0 Å². The fraction of sp³-hybridized carbons (Fsp3) is 0.500. The van der Waals surface area contributed by atoms with Crippen molar-refractivity contribution in [3.05, 3.63) is 29.8 Å². The highest BCUT2D eigenvalue weighted by Crippen LogP contribution is 2.39. The van der Waals surface area contributed by atoms with Crippen molar-refractivity contribution in [3.63, 3.8) is 0 Å². The van der Waals surface area contributed by atoms with Crippen molar-refractivity contribution in [1.82, 2.24) is 0 Å². The Bertz CT molecular complexity index is 286. The molecule has 0 fully saturated rings. The summed E-state index contributed by atoms with van der Waals surface area (Å²) in [6.07, 6.45) is 2.46. The van der Waals surface area contributed by atoms with Crippen LogP contribution in [0.15, 0.2) is 29.2 Å². The first-order valence-electron chi connectivity index (χ1n) is 5.10. The molecule has 1 aromatic rings. The molecular formula is C12H15ClS. The Balaban J connectivity index is 1.98. The second-order valence-electron chi connectivity index (χ2n) is 4.05. The van der Waals surface area contributed by atoms with Crippen LogP contribution in [-0.2, 0) is 6.42 Å². The van der Waals surface area contributed by atoms with Gasteiger partial charge in [-0.3, -0.25) is 0 Å². The largest absolute Gasteiger partial charge is 0.126 e. The molecule has 0 spiro atoms. The highest BCUT2D eigenvalue weighted by molar-refractivity contribution is 8.00. The monoisotopic (exact) mass is 226 g/mol. The van der Waals surface area contributed by atoms with Crippen LogP contribution in [0.1, 0.15) is 18.9 Å². The Labute approximate surface area is 95.0 Å². The van der Waals surface area contributed by atoms with Crippen molar-refractivity contribution in [2.75, 3.05) is 5.88 Å². The third-order valence-corrected chi connectivity index (χ3v) is 4.51. The van der Waals surface area contributed by atoms with E-state index >= 15 is 0 Å². The lowest BCUT2D eigenvalue weighted by atomic mass is 10.0. The van der Waals surface area contributed by atoms with Crippen molar-refractivity contribution in [1.29, 1.82) is 0 Å². The molecule has 1 aliphatic rings. The molecule has 1 aliphatic heterocycles. The summed E-state index contributed by atoms with van der Waals surface area (Å²) in [5.41, 5.74) is 1.52. The maximum atomic E-state index is 5.83. The first-order chi connectivity index (χ1) is 6.79. The molecule has 14 heavy (non-hydrogen) atoms. The van der Waals surface area contributed by atoms with Gasteiger partial charge < -0.3 is 0 Å². The molecule has 0 aliphatic carbocycles. The van der Waals surface area contributed by atoms with Gasteiger partial charge in [0.15, 0.2) is 0 Å². The fourth-order valence-electron chi connectivity index (χ4n) is 1.90. The van der Waals surface area contributed by atoms with Crippen LogP contribution >= 0.6 is 23.4 Å². The first-order valence-corrected chi connectivity index (χ1v) is 6.51. The highest BCUT2D eigenvalue weighted by Gasteiger charge is 2.22. The number of halogens is 1. The van der Waals surface area contributed by atoms with E-state index in [1.54, 1.807) is 0 Å². The number of benzene rings is 1. The number of rotatable bonds is 3. The lowest BCUT2D eigenvalue weighted by Gasteiger charge is -2.12. The predicted molar refractivity (Wildman–Crippen MR) is 64.3 cm³/mol. The number of thioether (sulfide) groups is 1. The second-order valence-corrected chi connectivity index (χ2v) is 5.70. The Kier molecular flexibility index (Phi) is 3.40. The molecule has 0 bridgehead atoms. The van der Waals surface area contributed by atoms with Gasteiger partial charge in [-0.15, -0.1) is 23.4 Å². The van der Waals surface area contributed by atoms with Gasteiger partial charge in [0.1, 0.15) is 0 Å². The van der Waals surface area contributed by atoms with Crippen LogP contribution in [0.25, 0.3) is 0 Å². The van der Waals surface area contributed by atoms with Crippen LogP contribution in [0.2, 0.25) is 0 Å². The van der Waals surface area contributed by atoms with Crippen LogP contribution in [0.3, 0.4) is 0 Å². The first kappa shape index (κ1) is 10.4. The van der Waals surface area contributed by atoms with Crippen molar-refractivity contribution in [2.24, 2.45) is 5.92 Å². The second kappa shape index (κ2) is 4.59. The summed E-state index contributed by atoms with van der Waals surface area (Å²) in [6, 6.07) is 8.73. The van der Waals surface area contributed by atoms with Gasteiger partial charge in [-0.05, 0) is 30.4 Å². The molecule has 2 atom stereocenters. The molecular weight excluding hydrogens is 212 g/mol. The minimum absolute atomic E-state index is 0.642. The number of hydrogen-bond acceptors (Lipinski definition) is 1. The molecule has 0 N–H and O–H groups in total. The molecule has 0 radical (unpaired) electrons. The van der Waals surface area contributed by atoms with Gasteiger partial charge in [-0.2, -0.15) is 0 Å². The average Bonchev–Trinajstić information content (AvgIpc) is 2.59. The lowest BCUT2D eigenvalue weighted by molar-refractivity contribution is 0.576. The molecule has 2 heteroatoms. The predicted octanol–water partition coefficient (Wildman–Crippen LogP) is 3.97. The normalized spacial score (nSPS) is 22.0. The molecule has 1 heterocycles. The topological polar surface area (TPSA) is 0 Å². The average molecular weight is 227 g/mol. The molecule has 76 valence electrons. The van der Waals surface area contributed by atoms with E-state index in [4.69, 9.17) is 11.6 Å². The third-order valence-electron chi connectivity index (χ3n) is 2.64. The zero-order chi connectivity index (χ0) is 9.97. The van der Waals surface area contributed by atoms with Gasteiger partial charge in [0.2, 0.25) is 0 Å². The van der Waals surface area contributed by atoms with E-state index in [0.717, 1.165) is 11.1 Å². The summed E-state index contributed by atoms with van der Waals surface area (Å²) in [5.74, 6) is 1.43. The Hall–Kier alpha value is -0.140. The van der Waals surface area contributed by atoms with Gasteiger partial charge in [-0.25, -0.2) is 0 Å². The highest BCUT2D eigenvalue weighted by atomic mass is 35.5. The Morgan fingerprint density at radius 3 is 3.00 bits per heavy atom. The van der Waals surface area contributed by atoms with Gasteiger partial charge in [0.05, 0.1) is 0 Å². The van der Waals surface area contributed by atoms with Crippen molar-refractivity contribution >= 4 is 23.4 Å². The summed E-state index contributed by atoms with van der Waals surface area (Å²) in [4.78, 5) is 1.47. The molecule has 1 aromatic carbocycles. The number of alkyl halides is 1. The molecule has 2 rings (SSSR count). The van der Waals surface area contributed by atoms with E-state index in [2.05, 4.69) is 31.2 Å². The summed E-state index contributed by atoms with van der Waals surface area (Å²) < 4.78 is 0. The van der Waals surface area contributed by atoms with Crippen LogP contribution in [-0.4, -0.2) is 11.1 Å². The van der Waals surface area contributed by atoms with E-state index in [-0.39, 0.29) is 0 Å². The maximum absolute atomic E-state index is 5.83. The quantitative estimate of drug-likeness (QED) is 0.703. The van der Waals surface area contributed by atoms with E-state index in [9.17, 15) is 0 Å².